The van der Waals surface area contributed by atoms with Crippen molar-refractivity contribution in [3.05, 3.63) is 29.3 Å². The van der Waals surface area contributed by atoms with Crippen LogP contribution in [0.25, 0.3) is 0 Å². The summed E-state index contributed by atoms with van der Waals surface area (Å²) in [6.07, 6.45) is 0. The van der Waals surface area contributed by atoms with E-state index < -0.39 is 0 Å². The highest BCUT2D eigenvalue weighted by molar-refractivity contribution is 6.30. The van der Waals surface area contributed by atoms with E-state index in [1.54, 1.807) is 24.3 Å². The molecule has 1 amide bonds. The Kier molecular flexibility index (Phi) is 3.73. The minimum atomic E-state index is -0.292. The lowest BCUT2D eigenvalue weighted by molar-refractivity contribution is -0.132. The van der Waals surface area contributed by atoms with E-state index in [1.165, 1.54) is 7.05 Å². The van der Waals surface area contributed by atoms with Gasteiger partial charge in [-0.25, -0.2) is 5.84 Å². The largest absolute Gasteiger partial charge is 0.484 e. The van der Waals surface area contributed by atoms with Gasteiger partial charge in [-0.2, -0.15) is 0 Å². The van der Waals surface area contributed by atoms with E-state index in [9.17, 15) is 4.79 Å². The summed E-state index contributed by atoms with van der Waals surface area (Å²) in [5.41, 5.74) is 0. The average Bonchev–Trinajstić information content (AvgIpc) is 2.16. The predicted molar refractivity (Wildman–Crippen MR) is 53.9 cm³/mol. The molecule has 4 nitrogen and oxygen atoms in total. The molecule has 0 aliphatic carbocycles. The number of carbonyl (C=O) groups excluding carboxylic acids is 1. The van der Waals surface area contributed by atoms with Gasteiger partial charge in [0.25, 0.3) is 5.91 Å². The first-order chi connectivity index (χ1) is 6.59. The number of hydrogen-bond acceptors (Lipinski definition) is 3. The molecule has 76 valence electrons. The fourth-order valence-corrected chi connectivity index (χ4v) is 0.904. The van der Waals surface area contributed by atoms with Gasteiger partial charge in [-0.1, -0.05) is 11.6 Å². The summed E-state index contributed by atoms with van der Waals surface area (Å²) in [6, 6.07) is 6.75. The van der Waals surface area contributed by atoms with Crippen LogP contribution in [0.1, 0.15) is 0 Å². The number of amides is 1. The van der Waals surface area contributed by atoms with E-state index >= 15 is 0 Å². The van der Waals surface area contributed by atoms with Gasteiger partial charge < -0.3 is 4.74 Å². The van der Waals surface area contributed by atoms with Gasteiger partial charge in [-0.15, -0.1) is 0 Å². The molecule has 0 radical (unpaired) electrons. The maximum absolute atomic E-state index is 11.0. The maximum Gasteiger partial charge on any atom is 0.274 e. The highest BCUT2D eigenvalue weighted by Crippen LogP contribution is 2.15. The molecule has 0 aliphatic rings. The molecule has 1 aromatic rings. The second kappa shape index (κ2) is 4.83. The van der Waals surface area contributed by atoms with E-state index in [0.29, 0.717) is 10.8 Å². The molecule has 0 saturated carbocycles. The SMILES string of the molecule is CN(N)C(=O)COc1ccc(Cl)cc1. The van der Waals surface area contributed by atoms with Crippen molar-refractivity contribution in [1.82, 2.24) is 5.01 Å². The van der Waals surface area contributed by atoms with E-state index in [2.05, 4.69) is 0 Å². The Hall–Kier alpha value is -1.26. The lowest BCUT2D eigenvalue weighted by atomic mass is 10.3. The molecule has 0 aliphatic heterocycles. The molecule has 2 N–H and O–H groups in total. The third-order valence-corrected chi connectivity index (χ3v) is 1.82. The Bertz CT molecular complexity index is 311. The third-order valence-electron chi connectivity index (χ3n) is 1.57. The first-order valence-corrected chi connectivity index (χ1v) is 4.37. The topological polar surface area (TPSA) is 55.6 Å². The maximum atomic E-state index is 11.0. The van der Waals surface area contributed by atoms with Gasteiger partial charge in [0.15, 0.2) is 6.61 Å². The number of rotatable bonds is 3. The molecule has 0 fully saturated rings. The summed E-state index contributed by atoms with van der Waals surface area (Å²) in [4.78, 5) is 11.0. The van der Waals surface area contributed by atoms with Crippen LogP contribution in [0.5, 0.6) is 5.75 Å². The molecule has 1 rings (SSSR count). The molecule has 1 aromatic carbocycles. The normalized spacial score (nSPS) is 9.64. The van der Waals surface area contributed by atoms with Crippen molar-refractivity contribution in [3.8, 4) is 5.75 Å². The van der Waals surface area contributed by atoms with E-state index in [1.807, 2.05) is 0 Å². The van der Waals surface area contributed by atoms with Crippen molar-refractivity contribution in [2.45, 2.75) is 0 Å². The number of hydrazine groups is 1. The molecule has 0 aromatic heterocycles. The zero-order valence-corrected chi connectivity index (χ0v) is 8.49. The van der Waals surface area contributed by atoms with Gasteiger partial charge in [0.2, 0.25) is 0 Å². The molecule has 0 saturated heterocycles. The zero-order chi connectivity index (χ0) is 10.6. The van der Waals surface area contributed by atoms with Crippen LogP contribution in [-0.2, 0) is 4.79 Å². The second-order valence-corrected chi connectivity index (χ2v) is 3.18. The summed E-state index contributed by atoms with van der Waals surface area (Å²) >= 11 is 5.67. The van der Waals surface area contributed by atoms with E-state index in [-0.39, 0.29) is 12.5 Å². The average molecular weight is 215 g/mol. The molecular formula is C9H11ClN2O2. The van der Waals surface area contributed by atoms with Crippen LogP contribution in [0.2, 0.25) is 5.02 Å². The van der Waals surface area contributed by atoms with Gasteiger partial charge in [-0.3, -0.25) is 9.80 Å². The molecular weight excluding hydrogens is 204 g/mol. The highest BCUT2D eigenvalue weighted by Gasteiger charge is 2.04. The van der Waals surface area contributed by atoms with Gasteiger partial charge in [0.05, 0.1) is 0 Å². The van der Waals surface area contributed by atoms with Gasteiger partial charge >= 0.3 is 0 Å². The first kappa shape index (κ1) is 10.8. The monoisotopic (exact) mass is 214 g/mol. The van der Waals surface area contributed by atoms with Crippen molar-refractivity contribution in [1.29, 1.82) is 0 Å². The molecule has 0 spiro atoms. The summed E-state index contributed by atoms with van der Waals surface area (Å²) in [7, 11) is 1.47. The fourth-order valence-electron chi connectivity index (χ4n) is 0.778. The standard InChI is InChI=1S/C9H11ClN2O2/c1-12(11)9(13)6-14-8-4-2-7(10)3-5-8/h2-5H,6,11H2,1H3. The number of nitrogens with two attached hydrogens (primary N) is 1. The minimum absolute atomic E-state index is 0.0748. The molecule has 0 heterocycles. The van der Waals surface area contributed by atoms with Gasteiger partial charge in [-0.05, 0) is 24.3 Å². The Morgan fingerprint density at radius 2 is 2.07 bits per heavy atom. The number of hydrogen-bond donors (Lipinski definition) is 1. The van der Waals surface area contributed by atoms with Crippen LogP contribution in [0.15, 0.2) is 24.3 Å². The summed E-state index contributed by atoms with van der Waals surface area (Å²) in [5, 5.41) is 1.61. The van der Waals surface area contributed by atoms with Crippen molar-refractivity contribution < 1.29 is 9.53 Å². The zero-order valence-electron chi connectivity index (χ0n) is 7.74. The van der Waals surface area contributed by atoms with Crippen LogP contribution >= 0.6 is 11.6 Å². The number of ether oxygens (including phenoxy) is 1. The summed E-state index contributed by atoms with van der Waals surface area (Å²) < 4.78 is 5.15. The predicted octanol–water partition coefficient (Wildman–Crippen LogP) is 1.05. The number of nitrogens with zero attached hydrogens (tertiary/aromatic N) is 1. The van der Waals surface area contributed by atoms with Crippen molar-refractivity contribution >= 4 is 17.5 Å². The van der Waals surface area contributed by atoms with Gasteiger partial charge in [0, 0.05) is 12.1 Å². The number of likely N-dealkylation sites (N-methyl/N-ethyl adjacent to an activating group) is 1. The second-order valence-electron chi connectivity index (χ2n) is 2.75. The van der Waals surface area contributed by atoms with Crippen molar-refractivity contribution in [2.24, 2.45) is 5.84 Å². The molecule has 0 bridgehead atoms. The minimum Gasteiger partial charge on any atom is -0.484 e. The Morgan fingerprint density at radius 1 is 1.50 bits per heavy atom. The number of carbonyl (C=O) groups is 1. The van der Waals surface area contributed by atoms with Crippen molar-refractivity contribution in [3.63, 3.8) is 0 Å². The smallest absolute Gasteiger partial charge is 0.274 e. The van der Waals surface area contributed by atoms with Crippen LogP contribution in [-0.4, -0.2) is 24.6 Å². The van der Waals surface area contributed by atoms with Crippen LogP contribution in [0.3, 0.4) is 0 Å². The van der Waals surface area contributed by atoms with E-state index in [4.69, 9.17) is 22.2 Å². The Labute approximate surface area is 87.2 Å². The fraction of sp³-hybridized carbons (Fsp3) is 0.222. The van der Waals surface area contributed by atoms with Crippen LogP contribution in [0.4, 0.5) is 0 Å². The van der Waals surface area contributed by atoms with Gasteiger partial charge in [0.1, 0.15) is 5.75 Å². The lowest BCUT2D eigenvalue weighted by Gasteiger charge is -2.10. The van der Waals surface area contributed by atoms with Crippen LogP contribution in [0, 0.1) is 0 Å². The number of benzene rings is 1. The first-order valence-electron chi connectivity index (χ1n) is 3.99. The third kappa shape index (κ3) is 3.24. The molecule has 5 heteroatoms. The number of halogens is 1. The summed E-state index contributed by atoms with van der Waals surface area (Å²) in [5.74, 6) is 5.50. The molecule has 0 atom stereocenters. The highest BCUT2D eigenvalue weighted by atomic mass is 35.5. The van der Waals surface area contributed by atoms with Crippen molar-refractivity contribution in [2.75, 3.05) is 13.7 Å². The quantitative estimate of drug-likeness (QED) is 0.465. The Morgan fingerprint density at radius 3 is 2.57 bits per heavy atom. The molecule has 14 heavy (non-hydrogen) atoms. The van der Waals surface area contributed by atoms with E-state index in [0.717, 1.165) is 5.01 Å². The summed E-state index contributed by atoms with van der Waals surface area (Å²) in [6.45, 7) is -0.0748. The molecule has 0 unspecified atom stereocenters. The Balaban J connectivity index is 2.46. The lowest BCUT2D eigenvalue weighted by Crippen LogP contribution is -2.36. The van der Waals surface area contributed by atoms with Crippen LogP contribution < -0.4 is 10.6 Å².